The average molecular weight is 211 g/mol. The molecule has 0 bridgehead atoms. The van der Waals surface area contributed by atoms with E-state index in [9.17, 15) is 4.79 Å². The Balaban J connectivity index is 2.55. The van der Waals surface area contributed by atoms with Crippen LogP contribution in [0, 0.1) is 18.3 Å². The summed E-state index contributed by atoms with van der Waals surface area (Å²) in [4.78, 5) is 14.8. The van der Waals surface area contributed by atoms with E-state index in [4.69, 9.17) is 5.26 Å². The lowest BCUT2D eigenvalue weighted by atomic mass is 10.3. The topological polar surface area (TPSA) is 58.7 Å². The molecule has 16 heavy (non-hydrogen) atoms. The van der Waals surface area contributed by atoms with Gasteiger partial charge in [-0.3, -0.25) is 9.36 Å². The van der Waals surface area contributed by atoms with Gasteiger partial charge in [0, 0.05) is 18.0 Å². The quantitative estimate of drug-likeness (QED) is 0.712. The Bertz CT molecular complexity index is 561. The van der Waals surface area contributed by atoms with E-state index in [2.05, 4.69) is 4.98 Å². The standard InChI is InChI=1S/C12H9N3O/c1-9-2-3-12(14-6-9)15-7-10(8-16)4-11(15)5-13/h2-4,6-8H,1H3. The molecular formula is C12H9N3O. The maximum atomic E-state index is 10.6. The SMILES string of the molecule is Cc1ccc(-n2cc(C=O)cc2C#N)nc1. The first-order chi connectivity index (χ1) is 7.74. The molecule has 78 valence electrons. The number of carbonyl (C=O) groups excluding carboxylic acids is 1. The number of aromatic nitrogens is 2. The summed E-state index contributed by atoms with van der Waals surface area (Å²) < 4.78 is 1.60. The van der Waals surface area contributed by atoms with Crippen molar-refractivity contribution in [3.8, 4) is 11.9 Å². The first-order valence-corrected chi connectivity index (χ1v) is 4.75. The molecule has 0 saturated carbocycles. The summed E-state index contributed by atoms with van der Waals surface area (Å²) in [5.41, 5.74) is 1.92. The fourth-order valence-electron chi connectivity index (χ4n) is 1.43. The van der Waals surface area contributed by atoms with Gasteiger partial charge in [-0.05, 0) is 24.6 Å². The lowest BCUT2D eigenvalue weighted by Gasteiger charge is -2.02. The van der Waals surface area contributed by atoms with E-state index in [1.54, 1.807) is 17.0 Å². The van der Waals surface area contributed by atoms with Crippen molar-refractivity contribution < 1.29 is 4.79 Å². The Morgan fingerprint density at radius 1 is 1.50 bits per heavy atom. The van der Waals surface area contributed by atoms with Crippen molar-refractivity contribution in [1.82, 2.24) is 9.55 Å². The van der Waals surface area contributed by atoms with Crippen LogP contribution in [0.2, 0.25) is 0 Å². The van der Waals surface area contributed by atoms with Gasteiger partial charge in [0.05, 0.1) is 0 Å². The molecule has 2 heterocycles. The number of aryl methyl sites for hydroxylation is 1. The molecule has 2 aromatic heterocycles. The summed E-state index contributed by atoms with van der Waals surface area (Å²) >= 11 is 0. The maximum absolute atomic E-state index is 10.6. The number of pyridine rings is 1. The second-order valence-electron chi connectivity index (χ2n) is 3.45. The highest BCUT2D eigenvalue weighted by atomic mass is 16.1. The highest BCUT2D eigenvalue weighted by Crippen LogP contribution is 2.12. The van der Waals surface area contributed by atoms with Gasteiger partial charge < -0.3 is 0 Å². The van der Waals surface area contributed by atoms with Crippen LogP contribution in [0.3, 0.4) is 0 Å². The molecule has 0 saturated heterocycles. The van der Waals surface area contributed by atoms with Crippen LogP contribution in [0.5, 0.6) is 0 Å². The smallest absolute Gasteiger partial charge is 0.151 e. The number of nitrogens with zero attached hydrogens (tertiary/aromatic N) is 3. The molecule has 0 aliphatic rings. The van der Waals surface area contributed by atoms with Crippen molar-refractivity contribution in [3.63, 3.8) is 0 Å². The van der Waals surface area contributed by atoms with Gasteiger partial charge in [0.2, 0.25) is 0 Å². The fraction of sp³-hybridized carbons (Fsp3) is 0.0833. The summed E-state index contributed by atoms with van der Waals surface area (Å²) in [7, 11) is 0. The summed E-state index contributed by atoms with van der Waals surface area (Å²) in [6.45, 7) is 1.94. The first kappa shape index (κ1) is 10.1. The minimum absolute atomic E-state index is 0.401. The number of hydrogen-bond donors (Lipinski definition) is 0. The van der Waals surface area contributed by atoms with Crippen LogP contribution < -0.4 is 0 Å². The molecule has 0 spiro atoms. The lowest BCUT2D eigenvalue weighted by molar-refractivity contribution is 0.112. The predicted octanol–water partition coefficient (Wildman–Crippen LogP) is 1.86. The van der Waals surface area contributed by atoms with E-state index in [-0.39, 0.29) is 0 Å². The van der Waals surface area contributed by atoms with Crippen LogP contribution in [0.4, 0.5) is 0 Å². The third-order valence-electron chi connectivity index (χ3n) is 2.23. The third kappa shape index (κ3) is 1.71. The Kier molecular flexibility index (Phi) is 2.52. The second-order valence-corrected chi connectivity index (χ2v) is 3.45. The second kappa shape index (κ2) is 3.99. The van der Waals surface area contributed by atoms with E-state index in [1.807, 2.05) is 25.1 Å². The van der Waals surface area contributed by atoms with Gasteiger partial charge in [-0.2, -0.15) is 5.26 Å². The zero-order valence-corrected chi connectivity index (χ0v) is 8.71. The zero-order chi connectivity index (χ0) is 11.5. The Labute approximate surface area is 92.8 Å². The van der Waals surface area contributed by atoms with E-state index >= 15 is 0 Å². The number of aldehydes is 1. The highest BCUT2D eigenvalue weighted by Gasteiger charge is 2.07. The molecule has 0 amide bonds. The highest BCUT2D eigenvalue weighted by molar-refractivity contribution is 5.75. The minimum atomic E-state index is 0.401. The Hall–Kier alpha value is -2.41. The van der Waals surface area contributed by atoms with E-state index < -0.39 is 0 Å². The zero-order valence-electron chi connectivity index (χ0n) is 8.71. The molecule has 0 radical (unpaired) electrons. The van der Waals surface area contributed by atoms with Gasteiger partial charge in [0.1, 0.15) is 17.6 Å². The first-order valence-electron chi connectivity index (χ1n) is 4.75. The molecule has 0 aromatic carbocycles. The molecule has 0 unspecified atom stereocenters. The molecule has 0 fully saturated rings. The Morgan fingerprint density at radius 3 is 2.88 bits per heavy atom. The number of hydrogen-bond acceptors (Lipinski definition) is 3. The van der Waals surface area contributed by atoms with Gasteiger partial charge >= 0.3 is 0 Å². The summed E-state index contributed by atoms with van der Waals surface area (Å²) in [5, 5.41) is 8.93. The summed E-state index contributed by atoms with van der Waals surface area (Å²) in [6, 6.07) is 7.28. The van der Waals surface area contributed by atoms with Crippen molar-refractivity contribution in [1.29, 1.82) is 5.26 Å². The molecule has 2 aromatic rings. The predicted molar refractivity (Wildman–Crippen MR) is 58.4 cm³/mol. The number of nitriles is 1. The molecule has 0 atom stereocenters. The van der Waals surface area contributed by atoms with E-state index in [1.165, 1.54) is 6.07 Å². The summed E-state index contributed by atoms with van der Waals surface area (Å²) in [6.07, 6.45) is 4.03. The van der Waals surface area contributed by atoms with E-state index in [0.717, 1.165) is 5.56 Å². The van der Waals surface area contributed by atoms with Crippen molar-refractivity contribution in [3.05, 3.63) is 47.4 Å². The van der Waals surface area contributed by atoms with Crippen molar-refractivity contribution in [2.45, 2.75) is 6.92 Å². The molecule has 0 aliphatic carbocycles. The normalized spacial score (nSPS) is 9.75. The monoisotopic (exact) mass is 211 g/mol. The van der Waals surface area contributed by atoms with Crippen molar-refractivity contribution in [2.75, 3.05) is 0 Å². The van der Waals surface area contributed by atoms with Crippen molar-refractivity contribution in [2.24, 2.45) is 0 Å². The molecule has 2 rings (SSSR count). The van der Waals surface area contributed by atoms with Crippen LogP contribution in [0.25, 0.3) is 5.82 Å². The van der Waals surface area contributed by atoms with Crippen molar-refractivity contribution >= 4 is 6.29 Å². The van der Waals surface area contributed by atoms with Gasteiger partial charge in [-0.25, -0.2) is 4.98 Å². The van der Waals surface area contributed by atoms with Gasteiger partial charge in [-0.1, -0.05) is 6.07 Å². The third-order valence-corrected chi connectivity index (χ3v) is 2.23. The lowest BCUT2D eigenvalue weighted by Crippen LogP contribution is -1.98. The Morgan fingerprint density at radius 2 is 2.31 bits per heavy atom. The average Bonchev–Trinajstić information content (AvgIpc) is 2.73. The largest absolute Gasteiger partial charge is 0.298 e. The van der Waals surface area contributed by atoms with Crippen LogP contribution in [-0.2, 0) is 0 Å². The van der Waals surface area contributed by atoms with Gasteiger partial charge in [-0.15, -0.1) is 0 Å². The molecule has 4 nitrogen and oxygen atoms in total. The fourth-order valence-corrected chi connectivity index (χ4v) is 1.43. The number of carbonyl (C=O) groups is 1. The van der Waals surface area contributed by atoms with Gasteiger partial charge in [0.25, 0.3) is 0 Å². The van der Waals surface area contributed by atoms with Crippen LogP contribution >= 0.6 is 0 Å². The molecule has 0 aliphatic heterocycles. The molecule has 4 heteroatoms. The molecular weight excluding hydrogens is 202 g/mol. The van der Waals surface area contributed by atoms with Crippen LogP contribution in [-0.4, -0.2) is 15.8 Å². The maximum Gasteiger partial charge on any atom is 0.151 e. The van der Waals surface area contributed by atoms with Crippen LogP contribution in [0.1, 0.15) is 21.6 Å². The summed E-state index contributed by atoms with van der Waals surface area (Å²) in [5.74, 6) is 0.634. The van der Waals surface area contributed by atoms with E-state index in [0.29, 0.717) is 23.4 Å². The van der Waals surface area contributed by atoms with Crippen LogP contribution in [0.15, 0.2) is 30.6 Å². The van der Waals surface area contributed by atoms with Gasteiger partial charge in [0.15, 0.2) is 6.29 Å². The minimum Gasteiger partial charge on any atom is -0.298 e. The number of rotatable bonds is 2. The molecule has 0 N–H and O–H groups in total.